The standard InChI is InChI=1S/C28H32BrClN4O5/c1-4-28(26(37)38)23(16-39-14-13-34-15-22(32-33-34)18-9-5-7-11-20(18)29)31-17(2)27(3,25(35)36)24(28)19-10-6-8-12-21(19)30/h5-12,15,17,23-24,31H,4,13-14,16H2,1-3H3,(H,35,36)(H,37,38). The molecule has 1 fully saturated rings. The highest BCUT2D eigenvalue weighted by Gasteiger charge is 2.65. The number of rotatable bonds is 10. The van der Waals surface area contributed by atoms with Crippen molar-refractivity contribution in [2.45, 2.75) is 51.7 Å². The number of ether oxygens (including phenoxy) is 1. The zero-order chi connectivity index (χ0) is 28.4. The van der Waals surface area contributed by atoms with Gasteiger partial charge in [0.05, 0.1) is 36.8 Å². The van der Waals surface area contributed by atoms with E-state index in [4.69, 9.17) is 16.3 Å². The molecule has 0 aliphatic carbocycles. The maximum absolute atomic E-state index is 13.1. The number of aliphatic carboxylic acids is 2. The molecule has 208 valence electrons. The fourth-order valence-electron chi connectivity index (χ4n) is 5.86. The van der Waals surface area contributed by atoms with Crippen LogP contribution in [0.3, 0.4) is 0 Å². The number of halogens is 2. The summed E-state index contributed by atoms with van der Waals surface area (Å²) in [4.78, 5) is 25.8. The smallest absolute Gasteiger partial charge is 0.311 e. The summed E-state index contributed by atoms with van der Waals surface area (Å²) >= 11 is 10.1. The SMILES string of the molecule is CCC1(C(=O)O)C(COCCn2cc(-c3ccccc3Br)nn2)NC(C)C(C)(C(=O)O)C1c1ccccc1Cl. The van der Waals surface area contributed by atoms with E-state index in [0.717, 1.165) is 15.7 Å². The number of piperidine rings is 1. The van der Waals surface area contributed by atoms with Gasteiger partial charge in [-0.1, -0.05) is 76.1 Å². The molecule has 5 unspecified atom stereocenters. The molecule has 1 saturated heterocycles. The van der Waals surface area contributed by atoms with Crippen LogP contribution in [0.5, 0.6) is 0 Å². The number of nitrogens with zero attached hydrogens (tertiary/aromatic N) is 3. The van der Waals surface area contributed by atoms with Crippen molar-refractivity contribution in [2.75, 3.05) is 13.2 Å². The highest BCUT2D eigenvalue weighted by atomic mass is 79.9. The zero-order valence-electron chi connectivity index (χ0n) is 22.0. The first-order chi connectivity index (χ1) is 18.6. The van der Waals surface area contributed by atoms with Gasteiger partial charge in [-0.15, -0.1) is 5.10 Å². The summed E-state index contributed by atoms with van der Waals surface area (Å²) in [6.07, 6.45) is 2.00. The van der Waals surface area contributed by atoms with Gasteiger partial charge in [-0.3, -0.25) is 9.59 Å². The van der Waals surface area contributed by atoms with Crippen LogP contribution in [-0.2, 0) is 20.9 Å². The quantitative estimate of drug-likeness (QED) is 0.268. The molecule has 4 rings (SSSR count). The first-order valence-electron chi connectivity index (χ1n) is 12.8. The molecule has 1 aliphatic heterocycles. The van der Waals surface area contributed by atoms with Gasteiger partial charge in [-0.05, 0) is 38.0 Å². The summed E-state index contributed by atoms with van der Waals surface area (Å²) < 4.78 is 8.59. The number of hydrogen-bond acceptors (Lipinski definition) is 6. The van der Waals surface area contributed by atoms with Crippen LogP contribution in [0.15, 0.2) is 59.2 Å². The number of hydrogen-bond donors (Lipinski definition) is 3. The molecule has 0 bridgehead atoms. The average molecular weight is 620 g/mol. The topological polar surface area (TPSA) is 127 Å². The van der Waals surface area contributed by atoms with Crippen molar-refractivity contribution in [1.29, 1.82) is 0 Å². The van der Waals surface area contributed by atoms with Crippen molar-refractivity contribution in [3.8, 4) is 11.3 Å². The Labute approximate surface area is 240 Å². The second-order valence-electron chi connectivity index (χ2n) is 10.1. The normalized spacial score (nSPS) is 26.8. The molecular weight excluding hydrogens is 588 g/mol. The number of aromatic nitrogens is 3. The van der Waals surface area contributed by atoms with Gasteiger partial charge in [0, 0.05) is 33.1 Å². The Balaban J connectivity index is 1.57. The monoisotopic (exact) mass is 618 g/mol. The third-order valence-electron chi connectivity index (χ3n) is 8.19. The Kier molecular flexibility index (Phi) is 8.80. The molecule has 3 N–H and O–H groups in total. The van der Waals surface area contributed by atoms with E-state index < -0.39 is 40.8 Å². The lowest BCUT2D eigenvalue weighted by molar-refractivity contribution is -0.174. The predicted molar refractivity (Wildman–Crippen MR) is 151 cm³/mol. The molecule has 1 aliphatic rings. The highest BCUT2D eigenvalue weighted by molar-refractivity contribution is 9.10. The Morgan fingerprint density at radius 1 is 1.15 bits per heavy atom. The maximum atomic E-state index is 13.1. The Hall–Kier alpha value is -2.79. The van der Waals surface area contributed by atoms with E-state index in [2.05, 4.69) is 31.6 Å². The lowest BCUT2D eigenvalue weighted by atomic mass is 9.51. The minimum Gasteiger partial charge on any atom is -0.481 e. The van der Waals surface area contributed by atoms with Gasteiger partial charge in [-0.2, -0.15) is 0 Å². The largest absolute Gasteiger partial charge is 0.481 e. The third-order valence-corrected chi connectivity index (χ3v) is 9.22. The van der Waals surface area contributed by atoms with Gasteiger partial charge in [0.25, 0.3) is 0 Å². The lowest BCUT2D eigenvalue weighted by Crippen LogP contribution is -2.70. The van der Waals surface area contributed by atoms with Crippen molar-refractivity contribution in [2.24, 2.45) is 10.8 Å². The summed E-state index contributed by atoms with van der Waals surface area (Å²) in [6.45, 7) is 5.87. The van der Waals surface area contributed by atoms with E-state index >= 15 is 0 Å². The van der Waals surface area contributed by atoms with Gasteiger partial charge >= 0.3 is 11.9 Å². The van der Waals surface area contributed by atoms with Crippen LogP contribution in [0.2, 0.25) is 5.02 Å². The molecule has 11 heteroatoms. The highest BCUT2D eigenvalue weighted by Crippen LogP contribution is 2.58. The summed E-state index contributed by atoms with van der Waals surface area (Å²) in [7, 11) is 0. The molecule has 2 aromatic carbocycles. The van der Waals surface area contributed by atoms with Crippen LogP contribution in [0, 0.1) is 10.8 Å². The van der Waals surface area contributed by atoms with E-state index in [-0.39, 0.29) is 19.6 Å². The number of carboxylic acid groups (broad SMARTS) is 2. The fraction of sp³-hybridized carbons (Fsp3) is 0.429. The molecule has 0 saturated carbocycles. The van der Waals surface area contributed by atoms with Crippen molar-refractivity contribution in [3.63, 3.8) is 0 Å². The van der Waals surface area contributed by atoms with Gasteiger partial charge in [-0.25, -0.2) is 4.68 Å². The lowest BCUT2D eigenvalue weighted by Gasteiger charge is -2.56. The molecule has 1 aromatic heterocycles. The van der Waals surface area contributed by atoms with Crippen LogP contribution in [0.1, 0.15) is 38.7 Å². The first kappa shape index (κ1) is 29.2. The van der Waals surface area contributed by atoms with E-state index in [9.17, 15) is 19.8 Å². The van der Waals surface area contributed by atoms with E-state index in [1.807, 2.05) is 30.5 Å². The van der Waals surface area contributed by atoms with Crippen molar-refractivity contribution in [3.05, 3.63) is 69.8 Å². The molecule has 0 radical (unpaired) electrons. The van der Waals surface area contributed by atoms with E-state index in [1.54, 1.807) is 49.7 Å². The van der Waals surface area contributed by atoms with Gasteiger partial charge in [0.15, 0.2) is 0 Å². The van der Waals surface area contributed by atoms with Gasteiger partial charge in [0.1, 0.15) is 5.69 Å². The molecule has 39 heavy (non-hydrogen) atoms. The first-order valence-corrected chi connectivity index (χ1v) is 13.9. The number of benzene rings is 2. The number of nitrogens with one attached hydrogen (secondary N) is 1. The number of carbonyl (C=O) groups is 2. The van der Waals surface area contributed by atoms with Gasteiger partial charge < -0.3 is 20.3 Å². The van der Waals surface area contributed by atoms with Crippen molar-refractivity contribution < 1.29 is 24.5 Å². The summed E-state index contributed by atoms with van der Waals surface area (Å²) in [5.41, 5.74) is -0.791. The van der Waals surface area contributed by atoms with Crippen LogP contribution in [-0.4, -0.2) is 62.4 Å². The molecule has 0 amide bonds. The average Bonchev–Trinajstić information content (AvgIpc) is 3.37. The Morgan fingerprint density at radius 3 is 2.49 bits per heavy atom. The predicted octanol–water partition coefficient (Wildman–Crippen LogP) is 5.09. The molecule has 0 spiro atoms. The summed E-state index contributed by atoms with van der Waals surface area (Å²) in [5, 5.41) is 33.1. The van der Waals surface area contributed by atoms with Crippen LogP contribution >= 0.6 is 27.5 Å². The van der Waals surface area contributed by atoms with Gasteiger partial charge in [0.2, 0.25) is 0 Å². The van der Waals surface area contributed by atoms with Crippen molar-refractivity contribution >= 4 is 39.5 Å². The minimum absolute atomic E-state index is 0.0624. The second-order valence-corrected chi connectivity index (χ2v) is 11.4. The fourth-order valence-corrected chi connectivity index (χ4v) is 6.59. The summed E-state index contributed by atoms with van der Waals surface area (Å²) in [5.74, 6) is -3.09. The van der Waals surface area contributed by atoms with E-state index in [0.29, 0.717) is 17.1 Å². The molecule has 3 aromatic rings. The Morgan fingerprint density at radius 2 is 1.85 bits per heavy atom. The van der Waals surface area contributed by atoms with Crippen LogP contribution in [0.25, 0.3) is 11.3 Å². The summed E-state index contributed by atoms with van der Waals surface area (Å²) in [6, 6.07) is 13.4. The Bertz CT molecular complexity index is 1350. The number of carboxylic acids is 2. The van der Waals surface area contributed by atoms with Crippen LogP contribution < -0.4 is 5.32 Å². The van der Waals surface area contributed by atoms with E-state index in [1.165, 1.54) is 0 Å². The molecule has 5 atom stereocenters. The minimum atomic E-state index is -1.50. The third kappa shape index (κ3) is 5.23. The maximum Gasteiger partial charge on any atom is 0.311 e. The molecule has 9 nitrogen and oxygen atoms in total. The second kappa shape index (κ2) is 11.8. The van der Waals surface area contributed by atoms with Crippen LogP contribution in [0.4, 0.5) is 0 Å². The molecule has 2 heterocycles. The molecular formula is C28H32BrClN4O5. The van der Waals surface area contributed by atoms with Crippen molar-refractivity contribution in [1.82, 2.24) is 20.3 Å². The zero-order valence-corrected chi connectivity index (χ0v) is 24.3.